The molecule has 0 aliphatic carbocycles. The van der Waals surface area contributed by atoms with E-state index < -0.39 is 0 Å². The first-order valence-corrected chi connectivity index (χ1v) is 20.5. The predicted molar refractivity (Wildman–Crippen MR) is 253 cm³/mol. The Morgan fingerprint density at radius 2 is 0.738 bits per heavy atom. The number of aromatic nitrogens is 6. The Kier molecular flexibility index (Phi) is 7.96. The fourth-order valence-electron chi connectivity index (χ4n) is 8.90. The van der Waals surface area contributed by atoms with Crippen molar-refractivity contribution < 1.29 is 0 Å². The first-order chi connectivity index (χ1) is 30.1. The number of fused-ring (bicyclic) bond motifs is 11. The zero-order valence-corrected chi connectivity index (χ0v) is 33.2. The molecule has 0 radical (unpaired) electrons. The van der Waals surface area contributed by atoms with Gasteiger partial charge in [-0.25, -0.2) is 9.97 Å². The number of nitrogens with one attached hydrogen (secondary N) is 2. The zero-order valence-electron chi connectivity index (χ0n) is 33.2. The maximum atomic E-state index is 5.50. The summed E-state index contributed by atoms with van der Waals surface area (Å²) in [6, 6.07) is 53.4. The van der Waals surface area contributed by atoms with Crippen molar-refractivity contribution in [3.8, 4) is 44.5 Å². The maximum Gasteiger partial charge on any atom is 0.0737 e. The van der Waals surface area contributed by atoms with Crippen LogP contribution < -0.4 is 0 Å². The molecule has 0 saturated carbocycles. The van der Waals surface area contributed by atoms with Crippen molar-refractivity contribution in [2.24, 2.45) is 0 Å². The number of aryl methyl sites for hydroxylation is 1. The monoisotopic (exact) mass is 780 g/mol. The molecular weight excluding hydrogens is 745 g/mol. The highest BCUT2D eigenvalue weighted by Crippen LogP contribution is 2.39. The molecule has 5 aromatic heterocycles. The van der Waals surface area contributed by atoms with Crippen molar-refractivity contribution in [1.29, 1.82) is 0 Å². The topological polar surface area (TPSA) is 83.1 Å². The van der Waals surface area contributed by atoms with Gasteiger partial charge in [0.2, 0.25) is 0 Å². The molecule has 2 aliphatic heterocycles. The Labute approximate surface area is 351 Å². The third kappa shape index (κ3) is 6.04. The number of rotatable bonds is 4. The van der Waals surface area contributed by atoms with Crippen LogP contribution in [-0.2, 0) is 0 Å². The lowest BCUT2D eigenvalue weighted by molar-refractivity contribution is 1.30. The number of benzene rings is 5. The minimum Gasteiger partial charge on any atom is -0.354 e. The molecule has 286 valence electrons. The molecule has 2 aliphatic rings. The summed E-state index contributed by atoms with van der Waals surface area (Å²) in [6.07, 6.45) is 12.5. The molecule has 0 saturated heterocycles. The van der Waals surface area contributed by atoms with Crippen LogP contribution in [0.15, 0.2) is 164 Å². The summed E-state index contributed by atoms with van der Waals surface area (Å²) < 4.78 is 0. The zero-order chi connectivity index (χ0) is 40.4. The maximum absolute atomic E-state index is 5.50. The van der Waals surface area contributed by atoms with Crippen LogP contribution in [0.1, 0.15) is 28.3 Å². The van der Waals surface area contributed by atoms with Crippen LogP contribution in [0.5, 0.6) is 0 Å². The van der Waals surface area contributed by atoms with Crippen molar-refractivity contribution in [3.05, 3.63) is 192 Å². The molecule has 2 N–H and O–H groups in total. The Balaban J connectivity index is 1.24. The van der Waals surface area contributed by atoms with Gasteiger partial charge >= 0.3 is 0 Å². The molecule has 7 heterocycles. The summed E-state index contributed by atoms with van der Waals surface area (Å²) in [5, 5.41) is 4.48. The van der Waals surface area contributed by atoms with Gasteiger partial charge in [-0.15, -0.1) is 0 Å². The van der Waals surface area contributed by atoms with Crippen molar-refractivity contribution in [3.63, 3.8) is 0 Å². The van der Waals surface area contributed by atoms with Crippen molar-refractivity contribution in [2.75, 3.05) is 0 Å². The van der Waals surface area contributed by atoms with E-state index in [0.717, 1.165) is 111 Å². The second-order valence-electron chi connectivity index (χ2n) is 15.8. The number of para-hydroxylation sites is 2. The molecule has 0 fully saturated rings. The van der Waals surface area contributed by atoms with Crippen LogP contribution in [-0.4, -0.2) is 29.9 Å². The quantitative estimate of drug-likeness (QED) is 0.186. The number of pyridine rings is 2. The lowest BCUT2D eigenvalue weighted by Crippen LogP contribution is -1.91. The molecule has 12 rings (SSSR count). The third-order valence-corrected chi connectivity index (χ3v) is 11.9. The minimum atomic E-state index is 0.832. The van der Waals surface area contributed by atoms with Gasteiger partial charge in [0, 0.05) is 78.6 Å². The van der Waals surface area contributed by atoms with Gasteiger partial charge in [0.25, 0.3) is 0 Å². The lowest BCUT2D eigenvalue weighted by Gasteiger charge is -2.08. The van der Waals surface area contributed by atoms with Gasteiger partial charge in [-0.2, -0.15) is 0 Å². The first-order valence-electron chi connectivity index (χ1n) is 20.5. The van der Waals surface area contributed by atoms with E-state index in [4.69, 9.17) is 19.9 Å². The summed E-state index contributed by atoms with van der Waals surface area (Å²) in [5.74, 6) is 0. The SMILES string of the molecule is Cc1ccc(-c2c3nc(c(-c4ccc5ccccc5c4)c4ccc([nH]4)c(-c4cnc5ccccc5c4)c4nc(c(-c5cnc6ccccc6c5)c5ccc2[nH]5)C=C4)C=C3)cc1. The normalized spacial score (nSPS) is 12.2. The predicted octanol–water partition coefficient (Wildman–Crippen LogP) is 13.9. The average Bonchev–Trinajstić information content (AvgIpc) is 4.15. The van der Waals surface area contributed by atoms with Gasteiger partial charge < -0.3 is 9.97 Å². The fourth-order valence-corrected chi connectivity index (χ4v) is 8.90. The van der Waals surface area contributed by atoms with Crippen molar-refractivity contribution in [1.82, 2.24) is 29.9 Å². The van der Waals surface area contributed by atoms with Gasteiger partial charge in [0.1, 0.15) is 0 Å². The summed E-state index contributed by atoms with van der Waals surface area (Å²) in [5.41, 5.74) is 18.3. The van der Waals surface area contributed by atoms with Gasteiger partial charge in [-0.05, 0) is 108 Å². The minimum absolute atomic E-state index is 0.832. The Bertz CT molecular complexity index is 3580. The second-order valence-corrected chi connectivity index (χ2v) is 15.8. The van der Waals surface area contributed by atoms with Crippen molar-refractivity contribution >= 4 is 78.9 Å². The lowest BCUT2D eigenvalue weighted by atomic mass is 10.00. The highest BCUT2D eigenvalue weighted by molar-refractivity contribution is 6.02. The Morgan fingerprint density at radius 1 is 0.344 bits per heavy atom. The van der Waals surface area contributed by atoms with Gasteiger partial charge in [0.15, 0.2) is 0 Å². The molecule has 0 amide bonds. The average molecular weight is 781 g/mol. The standard InChI is InChI=1S/C55H36N6/c1-33-14-16-35(17-15-33)52-44-20-22-46(58-44)53(39-19-18-34-8-2-3-9-36(34)28-39)47-23-25-49(60-47)55(41-30-38-11-5-7-13-43(38)57-32-41)51-27-26-50(61-51)54(48-24-21-45(52)59-48)40-29-37-10-4-6-12-42(37)56-31-40/h2-32,59-60H,1H3. The van der Waals surface area contributed by atoms with E-state index in [0.29, 0.717) is 0 Å². The van der Waals surface area contributed by atoms with E-state index in [1.807, 2.05) is 36.7 Å². The molecule has 10 aromatic rings. The molecule has 6 nitrogen and oxygen atoms in total. The Hall–Kier alpha value is -8.22. The smallest absolute Gasteiger partial charge is 0.0737 e. The molecule has 61 heavy (non-hydrogen) atoms. The second kappa shape index (κ2) is 14.0. The summed E-state index contributed by atoms with van der Waals surface area (Å²) in [7, 11) is 0. The van der Waals surface area contributed by atoms with E-state index in [1.54, 1.807) is 0 Å². The Morgan fingerprint density at radius 3 is 1.25 bits per heavy atom. The van der Waals surface area contributed by atoms with E-state index >= 15 is 0 Å². The third-order valence-electron chi connectivity index (χ3n) is 11.9. The molecular formula is C55H36N6. The van der Waals surface area contributed by atoms with Gasteiger partial charge in [-0.1, -0.05) is 103 Å². The van der Waals surface area contributed by atoms with Crippen molar-refractivity contribution in [2.45, 2.75) is 6.92 Å². The highest BCUT2D eigenvalue weighted by Gasteiger charge is 2.20. The molecule has 0 atom stereocenters. The van der Waals surface area contributed by atoms with E-state index in [-0.39, 0.29) is 0 Å². The van der Waals surface area contributed by atoms with Crippen LogP contribution in [0, 0.1) is 6.92 Å². The van der Waals surface area contributed by atoms with Gasteiger partial charge in [-0.3, -0.25) is 9.97 Å². The molecule has 5 aromatic carbocycles. The molecule has 0 unspecified atom stereocenters. The molecule has 8 bridgehead atoms. The van der Waals surface area contributed by atoms with E-state index in [2.05, 4.69) is 169 Å². The largest absolute Gasteiger partial charge is 0.354 e. The van der Waals surface area contributed by atoms with E-state index in [1.165, 1.54) is 16.3 Å². The number of aromatic amines is 2. The first kappa shape index (κ1) is 34.8. The molecule has 6 heteroatoms. The van der Waals surface area contributed by atoms with Crippen LogP contribution in [0.3, 0.4) is 0 Å². The summed E-state index contributed by atoms with van der Waals surface area (Å²) >= 11 is 0. The van der Waals surface area contributed by atoms with Gasteiger partial charge in [0.05, 0.1) is 33.8 Å². The number of nitrogens with zero attached hydrogens (tertiary/aromatic N) is 4. The van der Waals surface area contributed by atoms with E-state index in [9.17, 15) is 0 Å². The van der Waals surface area contributed by atoms with Crippen LogP contribution in [0.2, 0.25) is 0 Å². The molecule has 0 spiro atoms. The van der Waals surface area contributed by atoms with Crippen LogP contribution in [0.25, 0.3) is 123 Å². The fraction of sp³-hybridized carbons (Fsp3) is 0.0182. The summed E-state index contributed by atoms with van der Waals surface area (Å²) in [6.45, 7) is 2.12. The number of H-pyrrole nitrogens is 2. The highest BCUT2D eigenvalue weighted by atomic mass is 14.8. The number of hydrogen-bond donors (Lipinski definition) is 2. The van der Waals surface area contributed by atoms with Crippen LogP contribution >= 0.6 is 0 Å². The number of hydrogen-bond acceptors (Lipinski definition) is 4. The summed E-state index contributed by atoms with van der Waals surface area (Å²) in [4.78, 5) is 28.6. The van der Waals surface area contributed by atoms with Crippen LogP contribution in [0.4, 0.5) is 0 Å².